The third kappa shape index (κ3) is 4.00. The zero-order chi connectivity index (χ0) is 18.9. The number of carbonyl (C=O) groups is 1. The van der Waals surface area contributed by atoms with Gasteiger partial charge in [-0.25, -0.2) is 4.98 Å². The van der Waals surface area contributed by atoms with Crippen molar-refractivity contribution in [3.63, 3.8) is 0 Å². The van der Waals surface area contributed by atoms with Crippen LogP contribution in [-0.2, 0) is 16.8 Å². The van der Waals surface area contributed by atoms with Crippen LogP contribution in [0.4, 0.5) is 0 Å². The molecule has 0 aliphatic carbocycles. The molecule has 1 aliphatic heterocycles. The number of carbonyl (C=O) groups excluding carboxylic acids is 1. The number of thiazole rings is 1. The molecule has 140 valence electrons. The number of hydrogen-bond acceptors (Lipinski definition) is 4. The highest BCUT2D eigenvalue weighted by molar-refractivity contribution is 7.18. The smallest absolute Gasteiger partial charge is 0.222 e. The summed E-state index contributed by atoms with van der Waals surface area (Å²) < 4.78 is 1.16. The molecule has 0 spiro atoms. The van der Waals surface area contributed by atoms with Crippen molar-refractivity contribution < 1.29 is 9.90 Å². The van der Waals surface area contributed by atoms with Gasteiger partial charge in [0.1, 0.15) is 0 Å². The first-order valence-electron chi connectivity index (χ1n) is 9.14. The SMILES string of the molecule is O=C(CCc1nc2ccccc2s1)N1CCC(O)(c2ccc(Cl)cc2)CC1. The molecule has 4 nitrogen and oxygen atoms in total. The van der Waals surface area contributed by atoms with Gasteiger partial charge in [0.05, 0.1) is 20.8 Å². The highest BCUT2D eigenvalue weighted by Crippen LogP contribution is 2.33. The third-order valence-corrected chi connectivity index (χ3v) is 6.56. The largest absolute Gasteiger partial charge is 0.385 e. The molecule has 0 saturated carbocycles. The summed E-state index contributed by atoms with van der Waals surface area (Å²) in [6.07, 6.45) is 2.21. The van der Waals surface area contributed by atoms with Gasteiger partial charge in [-0.05, 0) is 42.7 Å². The van der Waals surface area contributed by atoms with Crippen LogP contribution in [0.15, 0.2) is 48.5 Å². The van der Waals surface area contributed by atoms with Crippen molar-refractivity contribution in [2.24, 2.45) is 0 Å². The lowest BCUT2D eigenvalue weighted by Gasteiger charge is -2.38. The van der Waals surface area contributed by atoms with Crippen molar-refractivity contribution in [1.29, 1.82) is 0 Å². The van der Waals surface area contributed by atoms with Crippen molar-refractivity contribution in [1.82, 2.24) is 9.88 Å². The maximum Gasteiger partial charge on any atom is 0.222 e. The molecule has 4 rings (SSSR count). The Morgan fingerprint density at radius 3 is 2.56 bits per heavy atom. The molecule has 0 unspecified atom stereocenters. The van der Waals surface area contributed by atoms with Crippen LogP contribution in [0.25, 0.3) is 10.2 Å². The predicted molar refractivity (Wildman–Crippen MR) is 109 cm³/mol. The number of halogens is 1. The van der Waals surface area contributed by atoms with E-state index in [1.165, 1.54) is 0 Å². The molecule has 27 heavy (non-hydrogen) atoms. The van der Waals surface area contributed by atoms with Crippen molar-refractivity contribution in [2.45, 2.75) is 31.3 Å². The summed E-state index contributed by atoms with van der Waals surface area (Å²) >= 11 is 7.58. The van der Waals surface area contributed by atoms with Crippen LogP contribution in [-0.4, -0.2) is 34.0 Å². The molecule has 2 heterocycles. The van der Waals surface area contributed by atoms with Gasteiger partial charge in [0, 0.05) is 31.0 Å². The number of benzene rings is 2. The lowest BCUT2D eigenvalue weighted by Crippen LogP contribution is -2.45. The summed E-state index contributed by atoms with van der Waals surface area (Å²) in [7, 11) is 0. The van der Waals surface area contributed by atoms with E-state index in [0.29, 0.717) is 43.8 Å². The van der Waals surface area contributed by atoms with Crippen LogP contribution in [0, 0.1) is 0 Å². The van der Waals surface area contributed by atoms with E-state index in [-0.39, 0.29) is 5.91 Å². The van der Waals surface area contributed by atoms with Gasteiger partial charge in [0.15, 0.2) is 0 Å². The van der Waals surface area contributed by atoms with Gasteiger partial charge in [-0.2, -0.15) is 0 Å². The van der Waals surface area contributed by atoms with Crippen LogP contribution in [0.1, 0.15) is 29.8 Å². The fraction of sp³-hybridized carbons (Fsp3) is 0.333. The molecular formula is C21H21ClN2O2S. The quantitative estimate of drug-likeness (QED) is 0.706. The molecule has 1 amide bonds. The fourth-order valence-electron chi connectivity index (χ4n) is 3.57. The van der Waals surface area contributed by atoms with Crippen LogP contribution in [0.5, 0.6) is 0 Å². The van der Waals surface area contributed by atoms with Gasteiger partial charge in [-0.15, -0.1) is 11.3 Å². The Balaban J connectivity index is 1.33. The second kappa shape index (κ2) is 7.58. The van der Waals surface area contributed by atoms with Gasteiger partial charge in [0.2, 0.25) is 5.91 Å². The van der Waals surface area contributed by atoms with Gasteiger partial charge in [0.25, 0.3) is 0 Å². The van der Waals surface area contributed by atoms with E-state index in [1.54, 1.807) is 23.5 Å². The predicted octanol–water partition coefficient (Wildman–Crippen LogP) is 4.39. The maximum absolute atomic E-state index is 12.6. The average molecular weight is 401 g/mol. The van der Waals surface area contributed by atoms with Crippen LogP contribution in [0.2, 0.25) is 5.02 Å². The average Bonchev–Trinajstić information content (AvgIpc) is 3.10. The van der Waals surface area contributed by atoms with E-state index in [0.717, 1.165) is 20.8 Å². The minimum atomic E-state index is -0.881. The maximum atomic E-state index is 12.6. The molecular weight excluding hydrogens is 380 g/mol. The number of para-hydroxylation sites is 1. The topological polar surface area (TPSA) is 53.4 Å². The standard InChI is InChI=1S/C21H21ClN2O2S/c22-16-7-5-15(6-8-16)21(26)11-13-24(14-12-21)20(25)10-9-19-23-17-3-1-2-4-18(17)27-19/h1-8,26H,9-14H2. The third-order valence-electron chi connectivity index (χ3n) is 5.22. The Kier molecular flexibility index (Phi) is 5.17. The summed E-state index contributed by atoms with van der Waals surface area (Å²) in [4.78, 5) is 19.0. The number of nitrogens with zero attached hydrogens (tertiary/aromatic N) is 2. The lowest BCUT2D eigenvalue weighted by atomic mass is 9.84. The van der Waals surface area contributed by atoms with Crippen molar-refractivity contribution >= 4 is 39.1 Å². The number of likely N-dealkylation sites (tertiary alicyclic amines) is 1. The van der Waals surface area contributed by atoms with E-state index in [1.807, 2.05) is 35.2 Å². The summed E-state index contributed by atoms with van der Waals surface area (Å²) in [6.45, 7) is 1.13. The Morgan fingerprint density at radius 1 is 1.15 bits per heavy atom. The van der Waals surface area contributed by atoms with Crippen molar-refractivity contribution in [3.8, 4) is 0 Å². The Morgan fingerprint density at radius 2 is 1.85 bits per heavy atom. The summed E-state index contributed by atoms with van der Waals surface area (Å²) in [5, 5.41) is 12.6. The number of piperidine rings is 1. The molecule has 1 N–H and O–H groups in total. The molecule has 3 aromatic rings. The number of aryl methyl sites for hydroxylation is 1. The zero-order valence-electron chi connectivity index (χ0n) is 14.9. The number of fused-ring (bicyclic) bond motifs is 1. The summed E-state index contributed by atoms with van der Waals surface area (Å²) in [5.74, 6) is 0.132. The molecule has 1 aliphatic rings. The number of amides is 1. The minimum absolute atomic E-state index is 0.132. The van der Waals surface area contributed by atoms with Gasteiger partial charge in [-0.1, -0.05) is 35.9 Å². The van der Waals surface area contributed by atoms with E-state index < -0.39 is 5.60 Å². The van der Waals surface area contributed by atoms with Crippen LogP contribution in [0.3, 0.4) is 0 Å². The Hall–Kier alpha value is -1.95. The monoisotopic (exact) mass is 400 g/mol. The molecule has 2 aromatic carbocycles. The number of hydrogen-bond donors (Lipinski definition) is 1. The molecule has 0 bridgehead atoms. The number of aliphatic hydroxyl groups is 1. The van der Waals surface area contributed by atoms with Crippen molar-refractivity contribution in [3.05, 3.63) is 64.1 Å². The summed E-state index contributed by atoms with van der Waals surface area (Å²) in [5.41, 5.74) is 0.985. The molecule has 6 heteroatoms. The van der Waals surface area contributed by atoms with Gasteiger partial charge in [-0.3, -0.25) is 4.79 Å². The molecule has 0 radical (unpaired) electrons. The molecule has 0 atom stereocenters. The fourth-order valence-corrected chi connectivity index (χ4v) is 4.67. The van der Waals surface area contributed by atoms with E-state index >= 15 is 0 Å². The van der Waals surface area contributed by atoms with E-state index in [2.05, 4.69) is 11.1 Å². The molecule has 1 aromatic heterocycles. The first kappa shape index (κ1) is 18.4. The molecule has 1 fully saturated rings. The Bertz CT molecular complexity index is 913. The normalized spacial score (nSPS) is 16.6. The first-order valence-corrected chi connectivity index (χ1v) is 10.3. The minimum Gasteiger partial charge on any atom is -0.385 e. The van der Waals surface area contributed by atoms with Crippen LogP contribution >= 0.6 is 22.9 Å². The lowest BCUT2D eigenvalue weighted by molar-refractivity contribution is -0.135. The Labute approximate surface area is 167 Å². The van der Waals surface area contributed by atoms with Gasteiger partial charge < -0.3 is 10.0 Å². The van der Waals surface area contributed by atoms with E-state index in [4.69, 9.17) is 11.6 Å². The highest BCUT2D eigenvalue weighted by atomic mass is 35.5. The zero-order valence-corrected chi connectivity index (χ0v) is 16.5. The number of rotatable bonds is 4. The van der Waals surface area contributed by atoms with E-state index in [9.17, 15) is 9.90 Å². The molecule has 1 saturated heterocycles. The summed E-state index contributed by atoms with van der Waals surface area (Å²) in [6, 6.07) is 15.4. The number of aromatic nitrogens is 1. The second-order valence-electron chi connectivity index (χ2n) is 6.99. The first-order chi connectivity index (χ1) is 13.0. The van der Waals surface area contributed by atoms with Crippen molar-refractivity contribution in [2.75, 3.05) is 13.1 Å². The second-order valence-corrected chi connectivity index (χ2v) is 8.55. The van der Waals surface area contributed by atoms with Crippen LogP contribution < -0.4 is 0 Å². The van der Waals surface area contributed by atoms with Gasteiger partial charge >= 0.3 is 0 Å². The highest BCUT2D eigenvalue weighted by Gasteiger charge is 2.35.